The molecule has 0 fully saturated rings. The summed E-state index contributed by atoms with van der Waals surface area (Å²) in [6.45, 7) is 3.10. The average molecular weight is 253 g/mol. The lowest BCUT2D eigenvalue weighted by atomic mass is 9.96. The summed E-state index contributed by atoms with van der Waals surface area (Å²) in [5.41, 5.74) is 9.57. The fourth-order valence-corrected chi connectivity index (χ4v) is 2.76. The first-order chi connectivity index (χ1) is 9.24. The minimum atomic E-state index is 0.540. The number of aromatic nitrogens is 1. The summed E-state index contributed by atoms with van der Waals surface area (Å²) in [6, 6.07) is 15.0. The predicted octanol–water partition coefficient (Wildman–Crippen LogP) is 3.01. The Morgan fingerprint density at radius 1 is 1.21 bits per heavy atom. The van der Waals surface area contributed by atoms with Crippen LogP contribution in [0, 0.1) is 0 Å². The third-order valence-corrected chi connectivity index (χ3v) is 3.83. The number of hydrogen-bond acceptors (Lipinski definition) is 3. The maximum absolute atomic E-state index is 5.76. The molecule has 3 rings (SSSR count). The zero-order valence-electron chi connectivity index (χ0n) is 11.2. The highest BCUT2D eigenvalue weighted by Gasteiger charge is 2.22. The van der Waals surface area contributed by atoms with Crippen LogP contribution in [-0.2, 0) is 13.0 Å². The molecule has 0 amide bonds. The molecule has 2 N–H and O–H groups in total. The van der Waals surface area contributed by atoms with Gasteiger partial charge in [-0.2, -0.15) is 0 Å². The molecular weight excluding hydrogens is 234 g/mol. The van der Waals surface area contributed by atoms with Crippen LogP contribution in [0.4, 0.5) is 11.5 Å². The van der Waals surface area contributed by atoms with Gasteiger partial charge in [0, 0.05) is 11.7 Å². The Morgan fingerprint density at radius 3 is 2.89 bits per heavy atom. The molecule has 0 saturated heterocycles. The van der Waals surface area contributed by atoms with E-state index < -0.39 is 0 Å². The number of hydrogen-bond donors (Lipinski definition) is 1. The first-order valence-corrected chi connectivity index (χ1v) is 6.80. The Morgan fingerprint density at radius 2 is 2.05 bits per heavy atom. The van der Waals surface area contributed by atoms with Gasteiger partial charge in [0.25, 0.3) is 0 Å². The van der Waals surface area contributed by atoms with Crippen molar-refractivity contribution in [2.45, 2.75) is 32.4 Å². The van der Waals surface area contributed by atoms with Crippen LogP contribution in [0.2, 0.25) is 0 Å². The van der Waals surface area contributed by atoms with Crippen molar-refractivity contribution in [2.75, 3.05) is 10.6 Å². The molecule has 1 aromatic carbocycles. The van der Waals surface area contributed by atoms with Crippen LogP contribution in [0.5, 0.6) is 0 Å². The maximum Gasteiger partial charge on any atom is 0.123 e. The standard InChI is InChI=1S/C16H19N3/c1-12-9-10-13-5-2-3-7-15(13)19(12)11-14-6-4-8-16(17)18-14/h2-8,12H,9-11H2,1H3,(H2,17,18). The number of anilines is 2. The van der Waals surface area contributed by atoms with E-state index in [-0.39, 0.29) is 0 Å². The molecule has 3 nitrogen and oxygen atoms in total. The van der Waals surface area contributed by atoms with Crippen molar-refractivity contribution in [1.29, 1.82) is 0 Å². The van der Waals surface area contributed by atoms with Crippen LogP contribution in [0.3, 0.4) is 0 Å². The summed E-state index contributed by atoms with van der Waals surface area (Å²) in [5.74, 6) is 0.593. The number of rotatable bonds is 2. The SMILES string of the molecule is CC1CCc2ccccc2N1Cc1cccc(N)n1. The second-order valence-corrected chi connectivity index (χ2v) is 5.20. The van der Waals surface area contributed by atoms with Crippen molar-refractivity contribution in [1.82, 2.24) is 4.98 Å². The van der Waals surface area contributed by atoms with Crippen LogP contribution in [-0.4, -0.2) is 11.0 Å². The highest BCUT2D eigenvalue weighted by atomic mass is 15.2. The topological polar surface area (TPSA) is 42.1 Å². The Kier molecular flexibility index (Phi) is 3.11. The number of benzene rings is 1. The summed E-state index contributed by atoms with van der Waals surface area (Å²) in [4.78, 5) is 6.84. The summed E-state index contributed by atoms with van der Waals surface area (Å²) >= 11 is 0. The highest BCUT2D eigenvalue weighted by Crippen LogP contribution is 2.31. The maximum atomic E-state index is 5.76. The van der Waals surface area contributed by atoms with Crippen molar-refractivity contribution in [2.24, 2.45) is 0 Å². The van der Waals surface area contributed by atoms with Crippen LogP contribution in [0.15, 0.2) is 42.5 Å². The Hall–Kier alpha value is -2.03. The van der Waals surface area contributed by atoms with E-state index in [0.717, 1.165) is 18.7 Å². The molecule has 1 unspecified atom stereocenters. The monoisotopic (exact) mass is 253 g/mol. The number of pyridine rings is 1. The first kappa shape index (κ1) is 12.0. The fraction of sp³-hybridized carbons (Fsp3) is 0.312. The molecule has 0 bridgehead atoms. The summed E-state index contributed by atoms with van der Waals surface area (Å²) in [7, 11) is 0. The molecule has 0 saturated carbocycles. The minimum Gasteiger partial charge on any atom is -0.384 e. The summed E-state index contributed by atoms with van der Waals surface area (Å²) in [5, 5.41) is 0. The fourth-order valence-electron chi connectivity index (χ4n) is 2.76. The average Bonchev–Trinajstić information content (AvgIpc) is 2.42. The first-order valence-electron chi connectivity index (χ1n) is 6.80. The van der Waals surface area contributed by atoms with E-state index in [1.807, 2.05) is 18.2 Å². The highest BCUT2D eigenvalue weighted by molar-refractivity contribution is 5.56. The van der Waals surface area contributed by atoms with Crippen LogP contribution in [0.25, 0.3) is 0 Å². The molecule has 1 aliphatic rings. The van der Waals surface area contributed by atoms with E-state index in [2.05, 4.69) is 41.1 Å². The molecule has 2 aromatic rings. The van der Waals surface area contributed by atoms with E-state index in [0.29, 0.717) is 11.9 Å². The predicted molar refractivity (Wildman–Crippen MR) is 79.1 cm³/mol. The molecule has 3 heteroatoms. The Balaban J connectivity index is 1.91. The summed E-state index contributed by atoms with van der Waals surface area (Å²) in [6.07, 6.45) is 2.36. The van der Waals surface area contributed by atoms with Crippen molar-refractivity contribution in [3.63, 3.8) is 0 Å². The molecule has 1 atom stereocenters. The third kappa shape index (κ3) is 2.41. The van der Waals surface area contributed by atoms with Gasteiger partial charge in [-0.3, -0.25) is 0 Å². The number of fused-ring (bicyclic) bond motifs is 1. The van der Waals surface area contributed by atoms with Gasteiger partial charge in [-0.1, -0.05) is 24.3 Å². The van der Waals surface area contributed by atoms with Crippen molar-refractivity contribution < 1.29 is 0 Å². The number of aryl methyl sites for hydroxylation is 1. The van der Waals surface area contributed by atoms with Crippen LogP contribution in [0.1, 0.15) is 24.6 Å². The van der Waals surface area contributed by atoms with Gasteiger partial charge < -0.3 is 10.6 Å². The van der Waals surface area contributed by atoms with Gasteiger partial charge in [-0.05, 0) is 43.5 Å². The molecule has 98 valence electrons. The van der Waals surface area contributed by atoms with Crippen molar-refractivity contribution in [3.05, 3.63) is 53.7 Å². The molecule has 1 aliphatic heterocycles. The quantitative estimate of drug-likeness (QED) is 0.894. The number of nitrogens with zero attached hydrogens (tertiary/aromatic N) is 2. The van der Waals surface area contributed by atoms with Gasteiger partial charge in [0.05, 0.1) is 12.2 Å². The molecule has 0 spiro atoms. The van der Waals surface area contributed by atoms with Crippen LogP contribution >= 0.6 is 0 Å². The van der Waals surface area contributed by atoms with E-state index >= 15 is 0 Å². The zero-order valence-corrected chi connectivity index (χ0v) is 11.2. The largest absolute Gasteiger partial charge is 0.384 e. The van der Waals surface area contributed by atoms with E-state index in [4.69, 9.17) is 5.73 Å². The van der Waals surface area contributed by atoms with Gasteiger partial charge in [0.2, 0.25) is 0 Å². The molecule has 2 heterocycles. The lowest BCUT2D eigenvalue weighted by Crippen LogP contribution is -2.36. The van der Waals surface area contributed by atoms with E-state index in [9.17, 15) is 0 Å². The van der Waals surface area contributed by atoms with Gasteiger partial charge in [0.1, 0.15) is 5.82 Å². The minimum absolute atomic E-state index is 0.540. The number of nitrogens with two attached hydrogens (primary N) is 1. The van der Waals surface area contributed by atoms with Gasteiger partial charge in [-0.25, -0.2) is 4.98 Å². The summed E-state index contributed by atoms with van der Waals surface area (Å²) < 4.78 is 0. The van der Waals surface area contributed by atoms with Gasteiger partial charge >= 0.3 is 0 Å². The normalized spacial score (nSPS) is 18.2. The Labute approximate surface area is 114 Å². The lowest BCUT2D eigenvalue weighted by molar-refractivity contribution is 0.557. The number of para-hydroxylation sites is 1. The second kappa shape index (κ2) is 4.92. The second-order valence-electron chi connectivity index (χ2n) is 5.20. The Bertz CT molecular complexity index is 580. The van der Waals surface area contributed by atoms with Gasteiger partial charge in [-0.15, -0.1) is 0 Å². The molecule has 0 radical (unpaired) electrons. The van der Waals surface area contributed by atoms with E-state index in [1.165, 1.54) is 17.7 Å². The third-order valence-electron chi connectivity index (χ3n) is 3.83. The number of nitrogen functional groups attached to an aromatic ring is 1. The lowest BCUT2D eigenvalue weighted by Gasteiger charge is -2.37. The van der Waals surface area contributed by atoms with Crippen molar-refractivity contribution >= 4 is 11.5 Å². The zero-order chi connectivity index (χ0) is 13.2. The van der Waals surface area contributed by atoms with Crippen LogP contribution < -0.4 is 10.6 Å². The smallest absolute Gasteiger partial charge is 0.123 e. The van der Waals surface area contributed by atoms with E-state index in [1.54, 1.807) is 0 Å². The molecule has 0 aliphatic carbocycles. The molecular formula is C16H19N3. The molecule has 19 heavy (non-hydrogen) atoms. The van der Waals surface area contributed by atoms with Crippen molar-refractivity contribution in [3.8, 4) is 0 Å². The van der Waals surface area contributed by atoms with Gasteiger partial charge in [0.15, 0.2) is 0 Å². The molecule has 1 aromatic heterocycles.